The number of para-hydroxylation sites is 1. The minimum absolute atomic E-state index is 0.635. The number of benzene rings is 1. The molecular formula is C14H15ClN2S. The molecule has 4 heteroatoms. The third-order valence-corrected chi connectivity index (χ3v) is 4.25. The summed E-state index contributed by atoms with van der Waals surface area (Å²) in [6.07, 6.45) is 5.17. The molecule has 2 nitrogen and oxygen atoms in total. The Hall–Kier alpha value is -1.06. The second kappa shape index (κ2) is 4.90. The fraction of sp³-hybridized carbons (Fsp3) is 0.357. The van der Waals surface area contributed by atoms with Gasteiger partial charge in [0.2, 0.25) is 0 Å². The molecule has 1 aromatic carbocycles. The number of rotatable bonds is 2. The van der Waals surface area contributed by atoms with E-state index in [1.165, 1.54) is 31.4 Å². The number of hydrogen-bond donors (Lipinski definition) is 1. The molecule has 1 heterocycles. The Kier molecular flexibility index (Phi) is 3.27. The third kappa shape index (κ3) is 2.13. The zero-order valence-corrected chi connectivity index (χ0v) is 11.6. The largest absolute Gasteiger partial charge is 0.297 e. The first-order valence-electron chi connectivity index (χ1n) is 6.32. The van der Waals surface area contributed by atoms with E-state index in [-0.39, 0.29) is 0 Å². The van der Waals surface area contributed by atoms with Gasteiger partial charge in [0.15, 0.2) is 0 Å². The number of aromatic nitrogens is 2. The van der Waals surface area contributed by atoms with Gasteiger partial charge in [-0.2, -0.15) is 0 Å². The number of aromatic amines is 1. The van der Waals surface area contributed by atoms with Gasteiger partial charge in [0.05, 0.1) is 10.7 Å². The van der Waals surface area contributed by atoms with Crippen molar-refractivity contribution in [3.8, 4) is 5.69 Å². The van der Waals surface area contributed by atoms with E-state index in [0.717, 1.165) is 10.3 Å². The lowest BCUT2D eigenvalue weighted by Gasteiger charge is -2.08. The number of nitrogens with one attached hydrogen (secondary N) is 1. The summed E-state index contributed by atoms with van der Waals surface area (Å²) in [6, 6.07) is 9.84. The summed E-state index contributed by atoms with van der Waals surface area (Å²) in [4.78, 5) is 0. The van der Waals surface area contributed by atoms with Gasteiger partial charge in [0.25, 0.3) is 0 Å². The van der Waals surface area contributed by atoms with Crippen LogP contribution in [-0.2, 0) is 0 Å². The van der Waals surface area contributed by atoms with Crippen molar-refractivity contribution >= 4 is 23.8 Å². The molecule has 0 radical (unpaired) electrons. The molecule has 1 N–H and O–H groups in total. The molecular weight excluding hydrogens is 264 g/mol. The monoisotopic (exact) mass is 278 g/mol. The maximum atomic E-state index is 6.21. The second-order valence-corrected chi connectivity index (χ2v) is 5.64. The van der Waals surface area contributed by atoms with Crippen molar-refractivity contribution in [1.29, 1.82) is 0 Å². The van der Waals surface area contributed by atoms with Gasteiger partial charge < -0.3 is 0 Å². The summed E-state index contributed by atoms with van der Waals surface area (Å²) in [5.74, 6) is 0.635. The molecule has 1 saturated carbocycles. The molecule has 1 fully saturated rings. The van der Waals surface area contributed by atoms with Crippen LogP contribution in [0.1, 0.15) is 37.3 Å². The quantitative estimate of drug-likeness (QED) is 0.779. The Morgan fingerprint density at radius 2 is 1.94 bits per heavy atom. The molecule has 1 aliphatic rings. The van der Waals surface area contributed by atoms with E-state index in [4.69, 9.17) is 23.8 Å². The topological polar surface area (TPSA) is 20.7 Å². The van der Waals surface area contributed by atoms with Crippen LogP contribution in [0.25, 0.3) is 5.69 Å². The lowest BCUT2D eigenvalue weighted by atomic mass is 10.1. The molecule has 1 aliphatic carbocycles. The van der Waals surface area contributed by atoms with Crippen LogP contribution >= 0.6 is 23.8 Å². The normalized spacial score (nSPS) is 16.3. The van der Waals surface area contributed by atoms with Crippen LogP contribution in [0.3, 0.4) is 0 Å². The molecule has 0 unspecified atom stereocenters. The van der Waals surface area contributed by atoms with Crippen molar-refractivity contribution < 1.29 is 0 Å². The SMILES string of the molecule is S=c1cc(C2CCCC2)[nH]n1-c1ccccc1Cl. The Bertz CT molecular complexity index is 608. The highest BCUT2D eigenvalue weighted by molar-refractivity contribution is 7.71. The molecule has 0 bridgehead atoms. The van der Waals surface area contributed by atoms with Crippen molar-refractivity contribution in [3.63, 3.8) is 0 Å². The van der Waals surface area contributed by atoms with E-state index in [1.807, 2.05) is 28.9 Å². The zero-order chi connectivity index (χ0) is 12.5. The first-order valence-corrected chi connectivity index (χ1v) is 7.11. The van der Waals surface area contributed by atoms with E-state index in [9.17, 15) is 0 Å². The molecule has 0 atom stereocenters. The molecule has 94 valence electrons. The number of hydrogen-bond acceptors (Lipinski definition) is 1. The fourth-order valence-corrected chi connectivity index (χ4v) is 3.16. The summed E-state index contributed by atoms with van der Waals surface area (Å²) in [5, 5.41) is 4.12. The summed E-state index contributed by atoms with van der Waals surface area (Å²) in [7, 11) is 0. The number of halogens is 1. The number of H-pyrrole nitrogens is 1. The van der Waals surface area contributed by atoms with Gasteiger partial charge in [-0.15, -0.1) is 0 Å². The molecule has 0 saturated heterocycles. The van der Waals surface area contributed by atoms with Gasteiger partial charge in [-0.25, -0.2) is 4.68 Å². The fourth-order valence-electron chi connectivity index (χ4n) is 2.67. The molecule has 0 aliphatic heterocycles. The van der Waals surface area contributed by atoms with Crippen LogP contribution in [0.2, 0.25) is 5.02 Å². The minimum Gasteiger partial charge on any atom is -0.297 e. The molecule has 18 heavy (non-hydrogen) atoms. The van der Waals surface area contributed by atoms with Crippen molar-refractivity contribution in [1.82, 2.24) is 9.78 Å². The highest BCUT2D eigenvalue weighted by atomic mass is 35.5. The smallest absolute Gasteiger partial charge is 0.128 e. The zero-order valence-electron chi connectivity index (χ0n) is 10.0. The first-order chi connectivity index (χ1) is 8.75. The van der Waals surface area contributed by atoms with Crippen LogP contribution in [0.4, 0.5) is 0 Å². The van der Waals surface area contributed by atoms with Gasteiger partial charge in [-0.05, 0) is 31.0 Å². The lowest BCUT2D eigenvalue weighted by Crippen LogP contribution is -2.00. The molecule has 2 aromatic rings. The first kappa shape index (κ1) is 12.0. The van der Waals surface area contributed by atoms with Crippen molar-refractivity contribution in [3.05, 3.63) is 45.7 Å². The highest BCUT2D eigenvalue weighted by Gasteiger charge is 2.19. The maximum Gasteiger partial charge on any atom is 0.128 e. The lowest BCUT2D eigenvalue weighted by molar-refractivity contribution is 0.678. The van der Waals surface area contributed by atoms with Crippen LogP contribution in [0.15, 0.2) is 30.3 Å². The Morgan fingerprint density at radius 1 is 1.22 bits per heavy atom. The van der Waals surface area contributed by atoms with Gasteiger partial charge in [0.1, 0.15) is 4.64 Å². The standard InChI is InChI=1S/C14H15ClN2S/c15-11-7-3-4-8-13(11)17-14(18)9-12(16-17)10-5-1-2-6-10/h3-4,7-10,16H,1-2,5-6H2. The Morgan fingerprint density at radius 3 is 2.67 bits per heavy atom. The van der Waals surface area contributed by atoms with Crippen LogP contribution in [0.5, 0.6) is 0 Å². The number of nitrogens with zero attached hydrogens (tertiary/aromatic N) is 1. The third-order valence-electron chi connectivity index (χ3n) is 3.63. The predicted octanol–water partition coefficient (Wildman–Crippen LogP) is 4.85. The van der Waals surface area contributed by atoms with Crippen molar-refractivity contribution in [2.24, 2.45) is 0 Å². The van der Waals surface area contributed by atoms with Gasteiger partial charge in [0, 0.05) is 11.6 Å². The van der Waals surface area contributed by atoms with Crippen LogP contribution < -0.4 is 0 Å². The van der Waals surface area contributed by atoms with Gasteiger partial charge >= 0.3 is 0 Å². The van der Waals surface area contributed by atoms with E-state index >= 15 is 0 Å². The van der Waals surface area contributed by atoms with Crippen LogP contribution in [-0.4, -0.2) is 9.78 Å². The van der Waals surface area contributed by atoms with Crippen molar-refractivity contribution in [2.75, 3.05) is 0 Å². The van der Waals surface area contributed by atoms with E-state index < -0.39 is 0 Å². The van der Waals surface area contributed by atoms with Crippen molar-refractivity contribution in [2.45, 2.75) is 31.6 Å². The summed E-state index contributed by atoms with van der Waals surface area (Å²) in [6.45, 7) is 0. The van der Waals surface area contributed by atoms with Gasteiger partial charge in [-0.1, -0.05) is 48.8 Å². The van der Waals surface area contributed by atoms with E-state index in [0.29, 0.717) is 10.9 Å². The van der Waals surface area contributed by atoms with E-state index in [1.54, 1.807) is 0 Å². The van der Waals surface area contributed by atoms with Crippen LogP contribution in [0, 0.1) is 4.64 Å². The Labute approximate surface area is 117 Å². The average molecular weight is 279 g/mol. The summed E-state index contributed by atoms with van der Waals surface area (Å²) in [5.41, 5.74) is 2.17. The predicted molar refractivity (Wildman–Crippen MR) is 77.2 cm³/mol. The Balaban J connectivity index is 2.03. The highest BCUT2D eigenvalue weighted by Crippen LogP contribution is 2.33. The summed E-state index contributed by atoms with van der Waals surface area (Å²) < 4.78 is 2.70. The maximum absolute atomic E-state index is 6.21. The van der Waals surface area contributed by atoms with Gasteiger partial charge in [-0.3, -0.25) is 5.10 Å². The molecule has 0 spiro atoms. The second-order valence-electron chi connectivity index (χ2n) is 4.82. The molecule has 0 amide bonds. The molecule has 3 rings (SSSR count). The molecule has 1 aromatic heterocycles. The summed E-state index contributed by atoms with van der Waals surface area (Å²) >= 11 is 11.6. The van der Waals surface area contributed by atoms with E-state index in [2.05, 4.69) is 11.2 Å². The minimum atomic E-state index is 0.635. The average Bonchev–Trinajstić information content (AvgIpc) is 2.99.